The molecule has 1 saturated heterocycles. The lowest BCUT2D eigenvalue weighted by atomic mass is 9.85. The van der Waals surface area contributed by atoms with Gasteiger partial charge in [-0.2, -0.15) is 0 Å². The van der Waals surface area contributed by atoms with Crippen molar-refractivity contribution in [1.82, 2.24) is 25.2 Å². The maximum absolute atomic E-state index is 14.5. The molecule has 3 N–H and O–H groups in total. The Morgan fingerprint density at radius 2 is 1.75 bits per heavy atom. The molecule has 3 aliphatic rings. The highest BCUT2D eigenvalue weighted by molar-refractivity contribution is 7.91. The van der Waals surface area contributed by atoms with Gasteiger partial charge in [-0.25, -0.2) is 18.2 Å². The molecule has 2 aliphatic heterocycles. The number of amides is 4. The highest BCUT2D eigenvalue weighted by Crippen LogP contribution is 2.38. The van der Waals surface area contributed by atoms with Crippen molar-refractivity contribution >= 4 is 44.6 Å². The van der Waals surface area contributed by atoms with Crippen LogP contribution in [0.2, 0.25) is 0 Å². The summed E-state index contributed by atoms with van der Waals surface area (Å²) < 4.78 is 45.2. The van der Waals surface area contributed by atoms with Crippen molar-refractivity contribution in [3.8, 4) is 11.6 Å². The van der Waals surface area contributed by atoms with Crippen LogP contribution in [-0.2, 0) is 35.6 Å². The number of nitrogens with zero attached hydrogens (tertiary/aromatic N) is 2. The molecule has 15 heteroatoms. The first-order chi connectivity index (χ1) is 23.7. The van der Waals surface area contributed by atoms with Gasteiger partial charge in [0.15, 0.2) is 0 Å². The third-order valence-corrected chi connectivity index (χ3v) is 10.9. The van der Waals surface area contributed by atoms with E-state index >= 15 is 0 Å². The zero-order chi connectivity index (χ0) is 37.5. The number of pyridine rings is 1. The number of ether oxygens (including phenoxy) is 3. The normalized spacial score (nSPS) is 20.7. The summed E-state index contributed by atoms with van der Waals surface area (Å²) in [6.07, 6.45) is 1.29. The number of fused-ring (bicyclic) bond motifs is 3. The summed E-state index contributed by atoms with van der Waals surface area (Å²) in [7, 11) is -3.92. The lowest BCUT2D eigenvalue weighted by Gasteiger charge is -2.36. The summed E-state index contributed by atoms with van der Waals surface area (Å²) in [4.78, 5) is 61.2. The van der Waals surface area contributed by atoms with Gasteiger partial charge < -0.3 is 29.7 Å². The van der Waals surface area contributed by atoms with Crippen molar-refractivity contribution in [3.05, 3.63) is 42.6 Å². The number of carbonyl (C=O) groups is 4. The molecule has 3 heterocycles. The average Bonchev–Trinajstić information content (AvgIpc) is 3.65. The molecule has 0 unspecified atom stereocenters. The van der Waals surface area contributed by atoms with Crippen molar-refractivity contribution in [2.75, 3.05) is 13.2 Å². The fourth-order valence-corrected chi connectivity index (χ4v) is 7.65. The molecule has 2 fully saturated rings. The topological polar surface area (TPSA) is 182 Å². The lowest BCUT2D eigenvalue weighted by Crippen LogP contribution is -2.62. The van der Waals surface area contributed by atoms with Crippen LogP contribution in [0.1, 0.15) is 79.8 Å². The highest BCUT2D eigenvalue weighted by Gasteiger charge is 2.49. The molecule has 14 nitrogen and oxygen atoms in total. The molecule has 1 aliphatic carbocycles. The molecule has 0 radical (unpaired) electrons. The van der Waals surface area contributed by atoms with E-state index in [0.29, 0.717) is 42.9 Å². The molecule has 2 aromatic rings. The monoisotopic (exact) mass is 727 g/mol. The fraction of sp³-hybridized carbons (Fsp3) is 0.583. The summed E-state index contributed by atoms with van der Waals surface area (Å²) in [6.45, 7) is 16.0. The molecule has 51 heavy (non-hydrogen) atoms. The van der Waals surface area contributed by atoms with Crippen LogP contribution in [0.3, 0.4) is 0 Å². The summed E-state index contributed by atoms with van der Waals surface area (Å²) in [5.74, 6) is -1.16. The molecule has 1 aromatic heterocycles. The Morgan fingerprint density at radius 1 is 1.08 bits per heavy atom. The maximum Gasteiger partial charge on any atom is 0.408 e. The van der Waals surface area contributed by atoms with Gasteiger partial charge in [0.05, 0.1) is 24.1 Å². The minimum Gasteiger partial charge on any atom is -0.491 e. The number of aromatic nitrogens is 1. The molecule has 4 amide bonds. The summed E-state index contributed by atoms with van der Waals surface area (Å²) >= 11 is 0. The van der Waals surface area contributed by atoms with Crippen LogP contribution in [0.15, 0.2) is 36.9 Å². The number of alkyl carbamates (subject to hydrolysis) is 1. The van der Waals surface area contributed by atoms with Gasteiger partial charge >= 0.3 is 6.09 Å². The van der Waals surface area contributed by atoms with E-state index in [2.05, 4.69) is 21.9 Å². The lowest BCUT2D eigenvalue weighted by molar-refractivity contribution is -0.143. The molecule has 1 aromatic carbocycles. The molecule has 278 valence electrons. The van der Waals surface area contributed by atoms with Gasteiger partial charge in [-0.3, -0.25) is 19.1 Å². The van der Waals surface area contributed by atoms with Gasteiger partial charge in [0.2, 0.25) is 27.7 Å². The van der Waals surface area contributed by atoms with Crippen molar-refractivity contribution < 1.29 is 41.8 Å². The molecule has 1 saturated carbocycles. The largest absolute Gasteiger partial charge is 0.491 e. The van der Waals surface area contributed by atoms with Gasteiger partial charge in [0.25, 0.3) is 5.91 Å². The van der Waals surface area contributed by atoms with Crippen LogP contribution in [0.4, 0.5) is 4.79 Å². The van der Waals surface area contributed by atoms with E-state index < -0.39 is 73.8 Å². The molecule has 0 spiro atoms. The minimum atomic E-state index is -3.92. The number of sulfonamides is 1. The number of carbonyl (C=O) groups excluding carboxylic acids is 4. The summed E-state index contributed by atoms with van der Waals surface area (Å²) in [6, 6.07) is 5.22. The standard InChI is InChI=1S/C36H49N5O9S/c1-9-17-36(8,32(44)40-51(46,47)22-14-15-22)39-29(42)26-19-21(49-30-24-13-11-10-12-23(24)27-25(37-30)16-18-48-27)20-41(26)31(43)28(34(2,3)4)38-33(45)50-35(5,6)7/h9-13,21-22,26,28H,1,14-20H2,2-8H3,(H,38,45)(H,39,42)(H,40,44)/t21-,26+,28-,36-/m1/s1. The van der Waals surface area contributed by atoms with E-state index in [1.54, 1.807) is 41.5 Å². The molecule has 4 atom stereocenters. The van der Waals surface area contributed by atoms with Crippen LogP contribution in [-0.4, -0.2) is 89.8 Å². The van der Waals surface area contributed by atoms with E-state index in [1.165, 1.54) is 17.9 Å². The molecular formula is C36H49N5O9S. The number of hydrogen-bond acceptors (Lipinski definition) is 10. The Balaban J connectivity index is 1.47. The first kappa shape index (κ1) is 37.8. The first-order valence-corrected chi connectivity index (χ1v) is 18.8. The second-order valence-electron chi connectivity index (χ2n) is 15.8. The number of hydrogen-bond donors (Lipinski definition) is 3. The van der Waals surface area contributed by atoms with Crippen molar-refractivity contribution in [3.63, 3.8) is 0 Å². The van der Waals surface area contributed by atoms with Gasteiger partial charge in [0.1, 0.15) is 35.1 Å². The van der Waals surface area contributed by atoms with Crippen LogP contribution < -0.4 is 24.8 Å². The summed E-state index contributed by atoms with van der Waals surface area (Å²) in [5, 5.41) is 6.30. The number of likely N-dealkylation sites (tertiary alicyclic amines) is 1. The van der Waals surface area contributed by atoms with Gasteiger partial charge in [-0.05, 0) is 58.4 Å². The van der Waals surface area contributed by atoms with E-state index in [-0.39, 0.29) is 19.4 Å². The zero-order valence-corrected chi connectivity index (χ0v) is 31.1. The smallest absolute Gasteiger partial charge is 0.408 e. The van der Waals surface area contributed by atoms with E-state index in [9.17, 15) is 27.6 Å². The average molecular weight is 728 g/mol. The van der Waals surface area contributed by atoms with E-state index in [4.69, 9.17) is 19.2 Å². The maximum atomic E-state index is 14.5. The number of nitrogens with one attached hydrogen (secondary N) is 3. The van der Waals surface area contributed by atoms with Crippen LogP contribution >= 0.6 is 0 Å². The first-order valence-electron chi connectivity index (χ1n) is 17.2. The predicted octanol–water partition coefficient (Wildman–Crippen LogP) is 3.52. The van der Waals surface area contributed by atoms with Crippen molar-refractivity contribution in [2.24, 2.45) is 5.41 Å². The summed E-state index contributed by atoms with van der Waals surface area (Å²) in [5.41, 5.74) is -2.62. The van der Waals surface area contributed by atoms with Crippen molar-refractivity contribution in [1.29, 1.82) is 0 Å². The second kappa shape index (κ2) is 14.0. The zero-order valence-electron chi connectivity index (χ0n) is 30.3. The van der Waals surface area contributed by atoms with E-state index in [0.717, 1.165) is 11.1 Å². The quantitative estimate of drug-likeness (QED) is 0.290. The SMILES string of the molecule is C=CC[C@@](C)(NC(=O)[C@@H]1C[C@@H](Oc2nc3c(c4ccccc24)OCC3)CN1C(=O)[C@@H](NC(=O)OC(C)(C)C)C(C)(C)C)C(=O)NS(=O)(=O)C1CC1. The van der Waals surface area contributed by atoms with Gasteiger partial charge in [-0.15, -0.1) is 6.58 Å². The molecule has 0 bridgehead atoms. The Labute approximate surface area is 299 Å². The minimum absolute atomic E-state index is 0.0105. The van der Waals surface area contributed by atoms with Crippen LogP contribution in [0.25, 0.3) is 10.8 Å². The molecular weight excluding hydrogens is 678 g/mol. The predicted molar refractivity (Wildman–Crippen MR) is 190 cm³/mol. The third-order valence-electron chi connectivity index (χ3n) is 9.04. The number of rotatable bonds is 11. The Hall–Kier alpha value is -4.40. The Kier molecular flexibility index (Phi) is 10.4. The molecule has 5 rings (SSSR count). The fourth-order valence-electron chi connectivity index (χ4n) is 6.25. The van der Waals surface area contributed by atoms with E-state index in [1.807, 2.05) is 24.3 Å². The van der Waals surface area contributed by atoms with Gasteiger partial charge in [0, 0.05) is 23.6 Å². The highest BCUT2D eigenvalue weighted by atomic mass is 32.2. The van der Waals surface area contributed by atoms with Crippen molar-refractivity contribution in [2.45, 2.75) is 115 Å². The van der Waals surface area contributed by atoms with Crippen LogP contribution in [0.5, 0.6) is 11.6 Å². The Morgan fingerprint density at radius 3 is 2.35 bits per heavy atom. The van der Waals surface area contributed by atoms with Crippen LogP contribution in [0, 0.1) is 5.41 Å². The second-order valence-corrected chi connectivity index (χ2v) is 17.7. The number of benzene rings is 1. The third kappa shape index (κ3) is 8.57. The Bertz CT molecular complexity index is 1830. The van der Waals surface area contributed by atoms with Gasteiger partial charge in [-0.1, -0.05) is 45.0 Å².